The number of rotatable bonds is 4. The molecule has 50 heavy (non-hydrogen) atoms. The molecule has 0 spiro atoms. The molecule has 0 saturated heterocycles. The predicted molar refractivity (Wildman–Crippen MR) is 201 cm³/mol. The first kappa shape index (κ1) is 29.0. The van der Waals surface area contributed by atoms with E-state index in [0.29, 0.717) is 17.5 Å². The van der Waals surface area contributed by atoms with Gasteiger partial charge in [-0.3, -0.25) is 0 Å². The molecule has 232 valence electrons. The van der Waals surface area contributed by atoms with Gasteiger partial charge in [-0.15, -0.1) is 0 Å². The highest BCUT2D eigenvalue weighted by Crippen LogP contribution is 2.44. The molecule has 0 fully saturated rings. The molecule has 0 amide bonds. The third kappa shape index (κ3) is 4.37. The summed E-state index contributed by atoms with van der Waals surface area (Å²) in [5, 5.41) is 33.8. The van der Waals surface area contributed by atoms with Gasteiger partial charge in [-0.1, -0.05) is 84.9 Å². The fourth-order valence-corrected chi connectivity index (χ4v) is 7.69. The molecule has 0 unspecified atom stereocenters. The molecule has 9 rings (SSSR count). The zero-order valence-electron chi connectivity index (χ0n) is 26.9. The third-order valence-electron chi connectivity index (χ3n) is 9.94. The summed E-state index contributed by atoms with van der Waals surface area (Å²) in [6.45, 7) is 0. The van der Waals surface area contributed by atoms with Crippen LogP contribution < -0.4 is 0 Å². The first-order valence-corrected chi connectivity index (χ1v) is 16.6. The second kappa shape index (κ2) is 11.5. The van der Waals surface area contributed by atoms with E-state index in [2.05, 4.69) is 112 Å². The van der Waals surface area contributed by atoms with Gasteiger partial charge in [0, 0.05) is 38.4 Å². The van der Waals surface area contributed by atoms with Crippen molar-refractivity contribution < 1.29 is 0 Å². The largest absolute Gasteiger partial charge is 0.312 e. The van der Waals surface area contributed by atoms with Gasteiger partial charge in [0.25, 0.3) is 0 Å². The zero-order chi connectivity index (χ0) is 33.8. The summed E-state index contributed by atoms with van der Waals surface area (Å²) >= 11 is 0. The molecular formula is C45H27N5. The van der Waals surface area contributed by atoms with Crippen molar-refractivity contribution in [3.8, 4) is 46.1 Å². The Bertz CT molecular complexity index is 2910. The van der Waals surface area contributed by atoms with E-state index in [1.165, 1.54) is 0 Å². The van der Waals surface area contributed by atoms with E-state index in [1.807, 2.05) is 54.6 Å². The van der Waals surface area contributed by atoms with Crippen LogP contribution >= 0.6 is 0 Å². The Morgan fingerprint density at radius 3 is 2.04 bits per heavy atom. The standard InChI is InChI=1S/C45H27N5/c46-26-29-16-20-33(21-17-29)49-43-23-18-30(27-47)24-40(43)39-13-7-12-38(45(39)49)35-10-3-2-9-34(35)31-19-22-37-36-11-4-6-15-42(36)50(44(37)25-31)41-14-5-1-8-32(41)28-48/h1-16,18-20,22-25H,17,21H2. The van der Waals surface area contributed by atoms with Gasteiger partial charge < -0.3 is 9.13 Å². The van der Waals surface area contributed by atoms with Gasteiger partial charge in [-0.25, -0.2) is 0 Å². The van der Waals surface area contributed by atoms with Crippen LogP contribution in [-0.4, -0.2) is 9.13 Å². The minimum absolute atomic E-state index is 0.619. The molecule has 0 radical (unpaired) electrons. The fraction of sp³-hybridized carbons (Fsp3) is 0.0444. The molecular weight excluding hydrogens is 611 g/mol. The first-order valence-electron chi connectivity index (χ1n) is 16.6. The Morgan fingerprint density at radius 1 is 0.480 bits per heavy atom. The monoisotopic (exact) mass is 637 g/mol. The van der Waals surface area contributed by atoms with Gasteiger partial charge in [0.1, 0.15) is 6.07 Å². The molecule has 0 aliphatic heterocycles. The van der Waals surface area contributed by atoms with Crippen LogP contribution in [0.1, 0.15) is 24.0 Å². The van der Waals surface area contributed by atoms with E-state index in [1.54, 1.807) is 0 Å². The molecule has 2 heterocycles. The van der Waals surface area contributed by atoms with Crippen molar-refractivity contribution in [2.24, 2.45) is 0 Å². The molecule has 0 bridgehead atoms. The molecule has 5 heteroatoms. The number of nitriles is 3. The highest BCUT2D eigenvalue weighted by atomic mass is 15.0. The quantitative estimate of drug-likeness (QED) is 0.192. The summed E-state index contributed by atoms with van der Waals surface area (Å²) in [6, 6.07) is 50.6. The zero-order valence-corrected chi connectivity index (χ0v) is 26.9. The van der Waals surface area contributed by atoms with E-state index < -0.39 is 0 Å². The first-order chi connectivity index (χ1) is 24.7. The van der Waals surface area contributed by atoms with Gasteiger partial charge in [0.15, 0.2) is 0 Å². The molecule has 1 aliphatic carbocycles. The molecule has 2 aromatic heterocycles. The summed E-state index contributed by atoms with van der Waals surface area (Å²) in [7, 11) is 0. The maximum absolute atomic E-state index is 10.1. The molecule has 0 atom stereocenters. The van der Waals surface area contributed by atoms with Crippen molar-refractivity contribution in [2.45, 2.75) is 12.8 Å². The summed E-state index contributed by atoms with van der Waals surface area (Å²) in [5.74, 6) is 0. The predicted octanol–water partition coefficient (Wildman–Crippen LogP) is 11.1. The van der Waals surface area contributed by atoms with Crippen LogP contribution in [0.25, 0.3) is 77.2 Å². The van der Waals surface area contributed by atoms with Crippen molar-refractivity contribution >= 4 is 49.3 Å². The molecule has 5 nitrogen and oxygen atoms in total. The lowest BCUT2D eigenvalue weighted by Gasteiger charge is -2.18. The van der Waals surface area contributed by atoms with Crippen molar-refractivity contribution in [2.75, 3.05) is 0 Å². The van der Waals surface area contributed by atoms with E-state index in [9.17, 15) is 15.8 Å². The number of benzene rings is 6. The summed E-state index contributed by atoms with van der Waals surface area (Å²) in [6.07, 6.45) is 5.41. The fourth-order valence-electron chi connectivity index (χ4n) is 7.69. The van der Waals surface area contributed by atoms with E-state index in [0.717, 1.165) is 89.2 Å². The van der Waals surface area contributed by atoms with Gasteiger partial charge >= 0.3 is 0 Å². The lowest BCUT2D eigenvalue weighted by Crippen LogP contribution is -2.02. The highest BCUT2D eigenvalue weighted by molar-refractivity contribution is 6.16. The van der Waals surface area contributed by atoms with Gasteiger partial charge in [0.2, 0.25) is 0 Å². The Morgan fingerprint density at radius 2 is 1.22 bits per heavy atom. The average molecular weight is 638 g/mol. The van der Waals surface area contributed by atoms with Crippen LogP contribution in [0.3, 0.4) is 0 Å². The van der Waals surface area contributed by atoms with E-state index >= 15 is 0 Å². The number of allylic oxidation sites excluding steroid dienone is 4. The lowest BCUT2D eigenvalue weighted by atomic mass is 9.92. The Balaban J connectivity index is 1.32. The highest BCUT2D eigenvalue weighted by Gasteiger charge is 2.22. The smallest absolute Gasteiger partial charge is 0.101 e. The normalized spacial score (nSPS) is 12.8. The van der Waals surface area contributed by atoms with Crippen LogP contribution in [0.2, 0.25) is 0 Å². The van der Waals surface area contributed by atoms with Crippen LogP contribution in [0.5, 0.6) is 0 Å². The summed E-state index contributed by atoms with van der Waals surface area (Å²) in [4.78, 5) is 0. The van der Waals surface area contributed by atoms with Crippen molar-refractivity contribution in [1.29, 1.82) is 15.8 Å². The second-order valence-corrected chi connectivity index (χ2v) is 12.6. The van der Waals surface area contributed by atoms with E-state index in [-0.39, 0.29) is 0 Å². The van der Waals surface area contributed by atoms with E-state index in [4.69, 9.17) is 0 Å². The average Bonchev–Trinajstić information content (AvgIpc) is 3.70. The lowest BCUT2D eigenvalue weighted by molar-refractivity contribution is 0.951. The van der Waals surface area contributed by atoms with Crippen LogP contribution in [-0.2, 0) is 0 Å². The summed E-state index contributed by atoms with van der Waals surface area (Å²) < 4.78 is 4.53. The van der Waals surface area contributed by atoms with Crippen molar-refractivity contribution in [3.05, 3.63) is 156 Å². The molecule has 8 aromatic rings. The number of hydrogen-bond acceptors (Lipinski definition) is 3. The van der Waals surface area contributed by atoms with Crippen molar-refractivity contribution in [3.63, 3.8) is 0 Å². The molecule has 0 saturated carbocycles. The molecule has 1 aliphatic rings. The van der Waals surface area contributed by atoms with Gasteiger partial charge in [-0.2, -0.15) is 15.8 Å². The minimum Gasteiger partial charge on any atom is -0.312 e. The SMILES string of the molecule is N#CC1=CC=C(n2c3ccc(C#N)cc3c3cccc(-c4ccccc4-c4ccc5c6ccccc6n(-c6ccccc6C#N)c5c4)c32)CC1. The maximum Gasteiger partial charge on any atom is 0.101 e. The minimum atomic E-state index is 0.619. The Hall–Kier alpha value is -7.13. The Labute approximate surface area is 288 Å². The molecule has 6 aromatic carbocycles. The maximum atomic E-state index is 10.1. The van der Waals surface area contributed by atoms with Crippen LogP contribution in [0.15, 0.2) is 145 Å². The van der Waals surface area contributed by atoms with Gasteiger partial charge in [-0.05, 0) is 84.1 Å². The van der Waals surface area contributed by atoms with Crippen LogP contribution in [0.4, 0.5) is 0 Å². The third-order valence-corrected chi connectivity index (χ3v) is 9.94. The topological polar surface area (TPSA) is 81.2 Å². The second-order valence-electron chi connectivity index (χ2n) is 12.6. The number of hydrogen-bond donors (Lipinski definition) is 0. The number of nitrogens with zero attached hydrogens (tertiary/aromatic N) is 5. The number of aromatic nitrogens is 2. The molecule has 0 N–H and O–H groups in total. The van der Waals surface area contributed by atoms with Crippen molar-refractivity contribution in [1.82, 2.24) is 9.13 Å². The number of fused-ring (bicyclic) bond motifs is 6. The summed E-state index contributed by atoms with van der Waals surface area (Å²) in [5.41, 5.74) is 12.5. The van der Waals surface area contributed by atoms with Gasteiger partial charge in [0.05, 0.1) is 51.0 Å². The Kier molecular flexibility index (Phi) is 6.70. The van der Waals surface area contributed by atoms with Crippen LogP contribution in [0, 0.1) is 34.0 Å². The number of para-hydroxylation sites is 3.